The molecule has 2 fully saturated rings. The summed E-state index contributed by atoms with van der Waals surface area (Å²) in [5, 5.41) is 2.95. The number of piperidine rings is 1. The molecule has 2 aromatic carbocycles. The lowest BCUT2D eigenvalue weighted by Gasteiger charge is -2.41. The van der Waals surface area contributed by atoms with Gasteiger partial charge in [0.2, 0.25) is 0 Å². The number of likely N-dealkylation sites (tertiary alicyclic amines) is 1. The molecule has 7 heteroatoms. The maximum Gasteiger partial charge on any atom is 0.257 e. The van der Waals surface area contributed by atoms with Crippen LogP contribution >= 0.6 is 0 Å². The van der Waals surface area contributed by atoms with Gasteiger partial charge in [0.25, 0.3) is 11.8 Å². The van der Waals surface area contributed by atoms with Gasteiger partial charge in [0, 0.05) is 43.4 Å². The van der Waals surface area contributed by atoms with Crippen LogP contribution in [0.5, 0.6) is 0 Å². The minimum atomic E-state index is -0.252. The van der Waals surface area contributed by atoms with Crippen LogP contribution in [0.4, 0.5) is 17.2 Å². The van der Waals surface area contributed by atoms with E-state index in [4.69, 9.17) is 5.73 Å². The fourth-order valence-corrected chi connectivity index (χ4v) is 6.13. The van der Waals surface area contributed by atoms with Crippen molar-refractivity contribution in [2.24, 2.45) is 5.41 Å². The molecule has 2 aliphatic heterocycles. The number of nitrogen functional groups attached to an aromatic ring is 1. The Morgan fingerprint density at radius 2 is 1.80 bits per heavy atom. The molecule has 208 valence electrons. The molecule has 2 saturated heterocycles. The largest absolute Gasteiger partial charge is 0.397 e. The predicted octanol–water partition coefficient (Wildman–Crippen LogP) is 5.84. The van der Waals surface area contributed by atoms with Crippen LogP contribution < -0.4 is 16.0 Å². The Morgan fingerprint density at radius 3 is 2.63 bits per heavy atom. The number of amides is 2. The summed E-state index contributed by atoms with van der Waals surface area (Å²) in [5.74, 6) is 0.721. The minimum absolute atomic E-state index is 0.0672. The van der Waals surface area contributed by atoms with Crippen LogP contribution in [-0.4, -0.2) is 47.9 Å². The van der Waals surface area contributed by atoms with Crippen LogP contribution in [0.1, 0.15) is 36.0 Å². The fraction of sp³-hybridized carbons (Fsp3) is 0.265. The van der Waals surface area contributed by atoms with Crippen molar-refractivity contribution in [2.75, 3.05) is 42.1 Å². The number of hydrogen-bond donors (Lipinski definition) is 2. The van der Waals surface area contributed by atoms with Crippen LogP contribution in [0.3, 0.4) is 0 Å². The number of nitrogens with two attached hydrogens (primary N) is 1. The molecule has 6 rings (SSSR count). The number of aromatic nitrogens is 1. The van der Waals surface area contributed by atoms with Crippen LogP contribution in [0.25, 0.3) is 11.1 Å². The third-order valence-corrected chi connectivity index (χ3v) is 8.36. The third kappa shape index (κ3) is 5.80. The van der Waals surface area contributed by atoms with Gasteiger partial charge in [-0.1, -0.05) is 60.7 Å². The molecule has 1 atom stereocenters. The molecular formula is C34H35N5O2. The lowest BCUT2D eigenvalue weighted by molar-refractivity contribution is -0.126. The van der Waals surface area contributed by atoms with Crippen molar-refractivity contribution in [1.82, 2.24) is 9.88 Å². The molecule has 0 bridgehead atoms. The zero-order valence-electron chi connectivity index (χ0n) is 23.1. The summed E-state index contributed by atoms with van der Waals surface area (Å²) in [6.07, 6.45) is 15.5. The fourth-order valence-electron chi connectivity index (χ4n) is 6.13. The summed E-state index contributed by atoms with van der Waals surface area (Å²) >= 11 is 0. The van der Waals surface area contributed by atoms with Crippen LogP contribution in [0.2, 0.25) is 0 Å². The van der Waals surface area contributed by atoms with Gasteiger partial charge in [-0.2, -0.15) is 0 Å². The lowest BCUT2D eigenvalue weighted by Crippen LogP contribution is -2.45. The molecule has 7 nitrogen and oxygen atoms in total. The second-order valence-electron chi connectivity index (χ2n) is 11.2. The first kappa shape index (κ1) is 26.6. The van der Waals surface area contributed by atoms with E-state index in [0.29, 0.717) is 16.9 Å². The predicted molar refractivity (Wildman–Crippen MR) is 165 cm³/mol. The normalized spacial score (nSPS) is 20.1. The summed E-state index contributed by atoms with van der Waals surface area (Å²) in [6.45, 7) is 3.31. The van der Waals surface area contributed by atoms with E-state index in [1.54, 1.807) is 6.20 Å². The van der Waals surface area contributed by atoms with E-state index in [2.05, 4.69) is 21.3 Å². The number of carbonyl (C=O) groups is 2. The van der Waals surface area contributed by atoms with Gasteiger partial charge in [-0.15, -0.1) is 0 Å². The van der Waals surface area contributed by atoms with Crippen LogP contribution in [0.15, 0.2) is 103 Å². The number of nitrogens with zero attached hydrogens (tertiary/aromatic N) is 3. The maximum atomic E-state index is 13.2. The molecule has 0 radical (unpaired) electrons. The molecule has 41 heavy (non-hydrogen) atoms. The van der Waals surface area contributed by atoms with Crippen molar-refractivity contribution >= 4 is 29.0 Å². The van der Waals surface area contributed by atoms with E-state index in [0.717, 1.165) is 74.4 Å². The topological polar surface area (TPSA) is 91.6 Å². The summed E-state index contributed by atoms with van der Waals surface area (Å²) in [7, 11) is 0. The standard InChI is InChI=1S/C34H35N5O2/c35-29-15-13-27(25-9-6-3-7-10-25)21-30(29)37-32(40)28-14-16-31(36-22-28)38-19-8-17-34(23-38)18-20-39(24-34)33(41)26-11-4-1-2-5-12-26/h1,3-7,9-16,21-22H,2,8,17-20,23-24,35H2,(H,37,40). The molecule has 3 aromatic rings. The summed E-state index contributed by atoms with van der Waals surface area (Å²) in [4.78, 5) is 35.2. The average Bonchev–Trinajstić information content (AvgIpc) is 3.21. The van der Waals surface area contributed by atoms with Gasteiger partial charge in [0.05, 0.1) is 16.9 Å². The zero-order valence-corrected chi connectivity index (χ0v) is 23.1. The molecule has 1 spiro atoms. The molecule has 3 heterocycles. The quantitative estimate of drug-likeness (QED) is 0.393. The van der Waals surface area contributed by atoms with Crippen molar-refractivity contribution in [3.05, 3.63) is 108 Å². The number of carbonyl (C=O) groups excluding carboxylic acids is 2. The van der Waals surface area contributed by atoms with E-state index in [-0.39, 0.29) is 17.2 Å². The van der Waals surface area contributed by atoms with Gasteiger partial charge in [0.15, 0.2) is 0 Å². The van der Waals surface area contributed by atoms with E-state index in [1.807, 2.05) is 89.9 Å². The van der Waals surface area contributed by atoms with E-state index in [1.165, 1.54) is 0 Å². The molecule has 0 saturated carbocycles. The van der Waals surface area contributed by atoms with Crippen molar-refractivity contribution in [1.29, 1.82) is 0 Å². The lowest BCUT2D eigenvalue weighted by atomic mass is 9.79. The monoisotopic (exact) mass is 545 g/mol. The van der Waals surface area contributed by atoms with Gasteiger partial charge >= 0.3 is 0 Å². The summed E-state index contributed by atoms with van der Waals surface area (Å²) < 4.78 is 0. The first-order valence-corrected chi connectivity index (χ1v) is 14.3. The Hall–Kier alpha value is -4.65. The smallest absolute Gasteiger partial charge is 0.257 e. The minimum Gasteiger partial charge on any atom is -0.397 e. The van der Waals surface area contributed by atoms with Gasteiger partial charge in [-0.25, -0.2) is 4.98 Å². The van der Waals surface area contributed by atoms with Gasteiger partial charge in [0.1, 0.15) is 5.82 Å². The highest BCUT2D eigenvalue weighted by molar-refractivity contribution is 6.06. The number of anilines is 3. The number of pyridine rings is 1. The number of benzene rings is 2. The van der Waals surface area contributed by atoms with Gasteiger partial charge in [-0.05, 0) is 67.2 Å². The van der Waals surface area contributed by atoms with Crippen molar-refractivity contribution in [2.45, 2.75) is 25.7 Å². The molecule has 1 aromatic heterocycles. The molecule has 3 aliphatic rings. The van der Waals surface area contributed by atoms with E-state index in [9.17, 15) is 9.59 Å². The van der Waals surface area contributed by atoms with Crippen LogP contribution in [-0.2, 0) is 4.79 Å². The second kappa shape index (κ2) is 11.5. The van der Waals surface area contributed by atoms with Crippen molar-refractivity contribution < 1.29 is 9.59 Å². The van der Waals surface area contributed by atoms with E-state index < -0.39 is 0 Å². The Labute approximate surface area is 241 Å². The van der Waals surface area contributed by atoms with Crippen LogP contribution in [0, 0.1) is 5.41 Å². The molecule has 3 N–H and O–H groups in total. The number of allylic oxidation sites excluding steroid dienone is 4. The average molecular weight is 546 g/mol. The first-order valence-electron chi connectivity index (χ1n) is 14.3. The highest BCUT2D eigenvalue weighted by Crippen LogP contribution is 2.40. The van der Waals surface area contributed by atoms with Crippen molar-refractivity contribution in [3.8, 4) is 11.1 Å². The summed E-state index contributed by atoms with van der Waals surface area (Å²) in [5.41, 5.74) is 10.6. The second-order valence-corrected chi connectivity index (χ2v) is 11.2. The number of hydrogen-bond acceptors (Lipinski definition) is 5. The molecule has 2 amide bonds. The molecule has 1 aliphatic carbocycles. The van der Waals surface area contributed by atoms with Gasteiger partial charge < -0.3 is 20.9 Å². The first-order chi connectivity index (χ1) is 20.0. The SMILES string of the molecule is Nc1ccc(-c2ccccc2)cc1NC(=O)c1ccc(N2CCCC3(CCN(C(=O)C4=CC=CCC=C4)C3)C2)nc1. The zero-order chi connectivity index (χ0) is 28.2. The Morgan fingerprint density at radius 1 is 0.927 bits per heavy atom. The van der Waals surface area contributed by atoms with Gasteiger partial charge in [-0.3, -0.25) is 9.59 Å². The number of nitrogens with one attached hydrogen (secondary N) is 1. The highest BCUT2D eigenvalue weighted by Gasteiger charge is 2.43. The molecule has 1 unspecified atom stereocenters. The maximum absolute atomic E-state index is 13.2. The van der Waals surface area contributed by atoms with Crippen molar-refractivity contribution in [3.63, 3.8) is 0 Å². The summed E-state index contributed by atoms with van der Waals surface area (Å²) in [6, 6.07) is 19.4. The Kier molecular flexibility index (Phi) is 7.42. The Balaban J connectivity index is 1.11. The Bertz CT molecular complexity index is 1530. The third-order valence-electron chi connectivity index (χ3n) is 8.36. The highest BCUT2D eigenvalue weighted by atomic mass is 16.2. The number of rotatable bonds is 5. The van der Waals surface area contributed by atoms with E-state index >= 15 is 0 Å². The molecular weight excluding hydrogens is 510 g/mol.